The summed E-state index contributed by atoms with van der Waals surface area (Å²) < 4.78 is 15.3. The van der Waals surface area contributed by atoms with Gasteiger partial charge >= 0.3 is 0 Å². The molecule has 0 bridgehead atoms. The molecule has 0 N–H and O–H groups in total. The Hall–Kier alpha value is -1.64. The lowest BCUT2D eigenvalue weighted by Crippen LogP contribution is -2.46. The number of hydrogen-bond acceptors (Lipinski definition) is 1. The highest BCUT2D eigenvalue weighted by atomic mass is 19.1. The van der Waals surface area contributed by atoms with Crippen molar-refractivity contribution in [3.63, 3.8) is 0 Å². The summed E-state index contributed by atoms with van der Waals surface area (Å²) in [5.74, 6) is -0.0818. The number of carbonyl (C=O) groups is 1. The van der Waals surface area contributed by atoms with Gasteiger partial charge in [0.15, 0.2) is 5.67 Å². The molecule has 94 valence electrons. The van der Waals surface area contributed by atoms with Crippen LogP contribution in [0.2, 0.25) is 0 Å². The van der Waals surface area contributed by atoms with E-state index in [4.69, 9.17) is 0 Å². The third-order valence-corrected chi connectivity index (χ3v) is 4.05. The van der Waals surface area contributed by atoms with Crippen molar-refractivity contribution in [2.24, 2.45) is 0 Å². The van der Waals surface area contributed by atoms with E-state index in [0.717, 1.165) is 11.3 Å². The summed E-state index contributed by atoms with van der Waals surface area (Å²) in [7, 11) is 0. The number of alkyl halides is 1. The first-order valence-corrected chi connectivity index (χ1v) is 6.28. The van der Waals surface area contributed by atoms with E-state index >= 15 is 4.39 Å². The van der Waals surface area contributed by atoms with Crippen LogP contribution in [0.1, 0.15) is 32.3 Å². The molecule has 2 nitrogen and oxygen atoms in total. The lowest BCUT2D eigenvalue weighted by Gasteiger charge is -2.35. The van der Waals surface area contributed by atoms with Crippen LogP contribution in [0.15, 0.2) is 35.9 Å². The molecule has 1 aliphatic carbocycles. The second-order valence-corrected chi connectivity index (χ2v) is 5.24. The molecule has 3 heteroatoms. The standard InChI is InChI=1S/C15H16FNO/c1-10-7-8-15(16)12-5-3-4-6-13(12)17(11(2)18)14(15)9-10/h3-7,14H,8-9H2,1-2H3. The number of hydrogen-bond donors (Lipinski definition) is 0. The Bertz CT molecular complexity index is 551. The van der Waals surface area contributed by atoms with Crippen LogP contribution in [-0.2, 0) is 10.5 Å². The SMILES string of the molecule is CC(=O)N1c2ccccc2C2(F)CC=C(C)CC12. The van der Waals surface area contributed by atoms with Crippen molar-refractivity contribution in [3.8, 4) is 0 Å². The minimum absolute atomic E-state index is 0.0818. The minimum Gasteiger partial charge on any atom is -0.305 e. The lowest BCUT2D eigenvalue weighted by molar-refractivity contribution is -0.117. The topological polar surface area (TPSA) is 20.3 Å². The van der Waals surface area contributed by atoms with Crippen LogP contribution in [0.4, 0.5) is 10.1 Å². The number of rotatable bonds is 0. The summed E-state index contributed by atoms with van der Waals surface area (Å²) in [5.41, 5.74) is 1.14. The third kappa shape index (κ3) is 1.36. The maximum Gasteiger partial charge on any atom is 0.224 e. The molecule has 2 aliphatic rings. The van der Waals surface area contributed by atoms with E-state index in [1.165, 1.54) is 6.92 Å². The first kappa shape index (κ1) is 11.5. The smallest absolute Gasteiger partial charge is 0.224 e. The van der Waals surface area contributed by atoms with Crippen LogP contribution in [0.3, 0.4) is 0 Å². The van der Waals surface area contributed by atoms with E-state index in [1.807, 2.05) is 31.2 Å². The molecular weight excluding hydrogens is 229 g/mol. The van der Waals surface area contributed by atoms with E-state index in [9.17, 15) is 4.79 Å². The summed E-state index contributed by atoms with van der Waals surface area (Å²) in [6.45, 7) is 3.51. The van der Waals surface area contributed by atoms with Crippen molar-refractivity contribution in [3.05, 3.63) is 41.5 Å². The monoisotopic (exact) mass is 245 g/mol. The normalized spacial score (nSPS) is 29.6. The van der Waals surface area contributed by atoms with Crippen LogP contribution < -0.4 is 4.90 Å². The second kappa shape index (κ2) is 3.67. The molecule has 1 aliphatic heterocycles. The zero-order chi connectivity index (χ0) is 12.9. The zero-order valence-electron chi connectivity index (χ0n) is 10.6. The lowest BCUT2D eigenvalue weighted by atomic mass is 9.80. The number of benzene rings is 1. The van der Waals surface area contributed by atoms with E-state index in [2.05, 4.69) is 0 Å². The van der Waals surface area contributed by atoms with Crippen LogP contribution in [0, 0.1) is 0 Å². The molecule has 0 saturated heterocycles. The minimum atomic E-state index is -1.41. The Morgan fingerprint density at radius 2 is 2.17 bits per heavy atom. The van der Waals surface area contributed by atoms with Crippen molar-refractivity contribution in [2.75, 3.05) is 4.90 Å². The van der Waals surface area contributed by atoms with Crippen molar-refractivity contribution in [1.29, 1.82) is 0 Å². The number of nitrogens with zero attached hydrogens (tertiary/aromatic N) is 1. The van der Waals surface area contributed by atoms with E-state index in [1.54, 1.807) is 11.0 Å². The highest BCUT2D eigenvalue weighted by molar-refractivity contribution is 5.95. The van der Waals surface area contributed by atoms with E-state index in [-0.39, 0.29) is 11.9 Å². The van der Waals surface area contributed by atoms with E-state index < -0.39 is 5.67 Å². The predicted octanol–water partition coefficient (Wildman–Crippen LogP) is 3.33. The van der Waals surface area contributed by atoms with Gasteiger partial charge < -0.3 is 4.90 Å². The second-order valence-electron chi connectivity index (χ2n) is 5.24. The van der Waals surface area contributed by atoms with Crippen LogP contribution >= 0.6 is 0 Å². The fraction of sp³-hybridized carbons (Fsp3) is 0.400. The van der Waals surface area contributed by atoms with Gasteiger partial charge in [-0.2, -0.15) is 0 Å². The third-order valence-electron chi connectivity index (χ3n) is 4.05. The summed E-state index contributed by atoms with van der Waals surface area (Å²) in [6.07, 6.45) is 2.94. The molecule has 18 heavy (non-hydrogen) atoms. The molecule has 1 aromatic carbocycles. The van der Waals surface area contributed by atoms with Gasteiger partial charge in [0.05, 0.1) is 11.7 Å². The van der Waals surface area contributed by atoms with Gasteiger partial charge in [-0.15, -0.1) is 0 Å². The molecule has 2 atom stereocenters. The molecule has 1 heterocycles. The molecule has 1 amide bonds. The molecule has 0 aromatic heterocycles. The largest absolute Gasteiger partial charge is 0.305 e. The number of halogens is 1. The maximum absolute atomic E-state index is 15.3. The molecule has 0 spiro atoms. The van der Waals surface area contributed by atoms with Crippen LogP contribution in [0.25, 0.3) is 0 Å². The van der Waals surface area contributed by atoms with Crippen LogP contribution in [0.5, 0.6) is 0 Å². The Balaban J connectivity index is 2.19. The Morgan fingerprint density at radius 3 is 2.89 bits per heavy atom. The average molecular weight is 245 g/mol. The Kier molecular flexibility index (Phi) is 2.34. The van der Waals surface area contributed by atoms with Crippen LogP contribution in [-0.4, -0.2) is 11.9 Å². The molecule has 1 aromatic rings. The predicted molar refractivity (Wildman–Crippen MR) is 69.2 cm³/mol. The number of fused-ring (bicyclic) bond motifs is 3. The fourth-order valence-corrected chi connectivity index (χ4v) is 3.19. The van der Waals surface area contributed by atoms with Gasteiger partial charge in [0.1, 0.15) is 0 Å². The van der Waals surface area contributed by atoms with Gasteiger partial charge in [0, 0.05) is 18.9 Å². The van der Waals surface area contributed by atoms with Gasteiger partial charge in [0.2, 0.25) is 5.91 Å². The molecule has 0 radical (unpaired) electrons. The number of para-hydroxylation sites is 1. The molecular formula is C15H16FNO. The van der Waals surface area contributed by atoms with E-state index in [0.29, 0.717) is 18.4 Å². The Labute approximate surface area is 106 Å². The average Bonchev–Trinajstić information content (AvgIpc) is 2.59. The number of anilines is 1. The highest BCUT2D eigenvalue weighted by Crippen LogP contribution is 2.52. The summed E-state index contributed by atoms with van der Waals surface area (Å²) in [4.78, 5) is 13.5. The number of allylic oxidation sites excluding steroid dienone is 1. The van der Waals surface area contributed by atoms with Crippen molar-refractivity contribution in [1.82, 2.24) is 0 Å². The number of amides is 1. The zero-order valence-corrected chi connectivity index (χ0v) is 10.6. The maximum atomic E-state index is 15.3. The van der Waals surface area contributed by atoms with Gasteiger partial charge in [0.25, 0.3) is 0 Å². The fourth-order valence-electron chi connectivity index (χ4n) is 3.19. The van der Waals surface area contributed by atoms with Crippen molar-refractivity contribution < 1.29 is 9.18 Å². The molecule has 2 unspecified atom stereocenters. The first-order valence-electron chi connectivity index (χ1n) is 6.28. The van der Waals surface area contributed by atoms with Gasteiger partial charge in [-0.3, -0.25) is 4.79 Å². The summed E-state index contributed by atoms with van der Waals surface area (Å²) in [6, 6.07) is 6.96. The summed E-state index contributed by atoms with van der Waals surface area (Å²) in [5, 5.41) is 0. The number of carbonyl (C=O) groups excluding carboxylic acids is 1. The molecule has 0 saturated carbocycles. The molecule has 3 rings (SSSR count). The first-order chi connectivity index (χ1) is 8.54. The van der Waals surface area contributed by atoms with Crippen molar-refractivity contribution in [2.45, 2.75) is 38.4 Å². The highest BCUT2D eigenvalue weighted by Gasteiger charge is 2.53. The van der Waals surface area contributed by atoms with Crippen molar-refractivity contribution >= 4 is 11.6 Å². The summed E-state index contributed by atoms with van der Waals surface area (Å²) >= 11 is 0. The van der Waals surface area contributed by atoms with Gasteiger partial charge in [-0.25, -0.2) is 4.39 Å². The quantitative estimate of drug-likeness (QED) is 0.642. The Morgan fingerprint density at radius 1 is 1.44 bits per heavy atom. The van der Waals surface area contributed by atoms with Gasteiger partial charge in [-0.05, 0) is 19.4 Å². The van der Waals surface area contributed by atoms with Gasteiger partial charge in [-0.1, -0.05) is 29.8 Å². The molecule has 0 fully saturated rings.